The van der Waals surface area contributed by atoms with Crippen LogP contribution in [-0.2, 0) is 0 Å². The average Bonchev–Trinajstić information content (AvgIpc) is 3.64. The number of benzene rings is 1. The molecule has 0 unspecified atom stereocenters. The van der Waals surface area contributed by atoms with Crippen molar-refractivity contribution in [3.63, 3.8) is 0 Å². The molecular weight excluding hydrogens is 505 g/mol. The molecule has 6 rings (SSSR count). The van der Waals surface area contributed by atoms with Crippen LogP contribution in [0.1, 0.15) is 23.2 Å². The maximum Gasteiger partial charge on any atom is 0.407 e. The van der Waals surface area contributed by atoms with E-state index in [0.717, 1.165) is 25.9 Å². The Bertz CT molecular complexity index is 1280. The fourth-order valence-electron chi connectivity index (χ4n) is 5.81. The standard InChI is InChI=1S/C25H27ClFN5O5/c1-29-7-10-32(25(13-29)5-6-25)22-18-21(19(26)20(28-22)17-15(27)3-2-4-16(17)33)37-12-14-11-30(24(35)36)8-9-31(14)23(18)34/h2-4,14,33H,5-13H2,1H3,(H,35,36)/t14-/m1/s1. The number of piperazine rings is 2. The fraction of sp³-hybridized carbons (Fsp3) is 0.480. The molecule has 3 fully saturated rings. The van der Waals surface area contributed by atoms with E-state index < -0.39 is 18.0 Å². The van der Waals surface area contributed by atoms with Gasteiger partial charge in [0, 0.05) is 39.3 Å². The van der Waals surface area contributed by atoms with Gasteiger partial charge in [-0.25, -0.2) is 14.2 Å². The molecule has 0 bridgehead atoms. The molecule has 37 heavy (non-hydrogen) atoms. The van der Waals surface area contributed by atoms with Crippen LogP contribution < -0.4 is 9.64 Å². The number of phenolic OH excluding ortho intramolecular Hbond substituents is 1. The molecule has 1 aliphatic carbocycles. The van der Waals surface area contributed by atoms with Gasteiger partial charge in [-0.3, -0.25) is 4.79 Å². The molecule has 12 heteroatoms. The Morgan fingerprint density at radius 3 is 2.70 bits per heavy atom. The number of ether oxygens (including phenoxy) is 1. The van der Waals surface area contributed by atoms with Crippen molar-refractivity contribution in [1.82, 2.24) is 19.7 Å². The van der Waals surface area contributed by atoms with Crippen LogP contribution in [0.25, 0.3) is 11.3 Å². The van der Waals surface area contributed by atoms with Gasteiger partial charge < -0.3 is 34.5 Å². The number of nitrogens with zero attached hydrogens (tertiary/aromatic N) is 5. The predicted molar refractivity (Wildman–Crippen MR) is 133 cm³/mol. The van der Waals surface area contributed by atoms with E-state index in [4.69, 9.17) is 21.3 Å². The minimum atomic E-state index is -1.06. The number of halogens is 2. The molecule has 1 saturated carbocycles. The number of phenols is 1. The third-order valence-corrected chi connectivity index (χ3v) is 8.23. The number of likely N-dealkylation sites (N-methyl/N-ethyl adjacent to an activating group) is 1. The van der Waals surface area contributed by atoms with Crippen LogP contribution in [0.4, 0.5) is 15.0 Å². The highest BCUT2D eigenvalue weighted by Gasteiger charge is 2.53. The number of amides is 2. The first-order valence-corrected chi connectivity index (χ1v) is 12.7. The Morgan fingerprint density at radius 2 is 2.00 bits per heavy atom. The number of hydrogen-bond acceptors (Lipinski definition) is 7. The molecule has 4 heterocycles. The van der Waals surface area contributed by atoms with Gasteiger partial charge in [-0.15, -0.1) is 0 Å². The van der Waals surface area contributed by atoms with Crippen LogP contribution in [0, 0.1) is 5.82 Å². The summed E-state index contributed by atoms with van der Waals surface area (Å²) in [5.41, 5.74) is -0.165. The quantitative estimate of drug-likeness (QED) is 0.609. The van der Waals surface area contributed by atoms with Crippen molar-refractivity contribution in [3.05, 3.63) is 34.6 Å². The Hall–Kier alpha value is -3.31. The van der Waals surface area contributed by atoms with Gasteiger partial charge >= 0.3 is 6.09 Å². The highest BCUT2D eigenvalue weighted by Crippen LogP contribution is 2.51. The number of pyridine rings is 1. The molecule has 2 amide bonds. The van der Waals surface area contributed by atoms with Crippen molar-refractivity contribution >= 4 is 29.4 Å². The summed E-state index contributed by atoms with van der Waals surface area (Å²) in [6.45, 7) is 2.65. The smallest absolute Gasteiger partial charge is 0.407 e. The third kappa shape index (κ3) is 3.83. The zero-order valence-corrected chi connectivity index (χ0v) is 21.0. The van der Waals surface area contributed by atoms with E-state index in [1.165, 1.54) is 23.1 Å². The number of anilines is 1. The molecule has 2 saturated heterocycles. The summed E-state index contributed by atoms with van der Waals surface area (Å²) in [5, 5.41) is 20.0. The monoisotopic (exact) mass is 531 g/mol. The molecule has 2 N–H and O–H groups in total. The molecule has 0 radical (unpaired) electrons. The van der Waals surface area contributed by atoms with E-state index in [9.17, 15) is 24.2 Å². The van der Waals surface area contributed by atoms with E-state index in [-0.39, 0.29) is 71.0 Å². The Kier molecular flexibility index (Phi) is 5.61. The summed E-state index contributed by atoms with van der Waals surface area (Å²) in [6.07, 6.45) is 0.789. The molecule has 2 aromatic rings. The second-order valence-corrected chi connectivity index (χ2v) is 10.6. The number of aromatic hydroxyl groups is 1. The lowest BCUT2D eigenvalue weighted by Gasteiger charge is -2.43. The number of aromatic nitrogens is 1. The summed E-state index contributed by atoms with van der Waals surface area (Å²) < 4.78 is 21.1. The Balaban J connectivity index is 1.54. The van der Waals surface area contributed by atoms with Crippen molar-refractivity contribution in [1.29, 1.82) is 0 Å². The molecule has 1 atom stereocenters. The maximum absolute atomic E-state index is 15.0. The van der Waals surface area contributed by atoms with Crippen molar-refractivity contribution < 1.29 is 28.9 Å². The number of carbonyl (C=O) groups is 2. The van der Waals surface area contributed by atoms with Crippen molar-refractivity contribution in [3.8, 4) is 22.8 Å². The molecular formula is C25H27ClFN5O5. The van der Waals surface area contributed by atoms with Crippen molar-refractivity contribution in [2.75, 3.05) is 57.8 Å². The van der Waals surface area contributed by atoms with E-state index in [2.05, 4.69) is 16.8 Å². The van der Waals surface area contributed by atoms with Crippen molar-refractivity contribution in [2.24, 2.45) is 0 Å². The molecule has 10 nitrogen and oxygen atoms in total. The van der Waals surface area contributed by atoms with E-state index in [1.807, 2.05) is 0 Å². The van der Waals surface area contributed by atoms with Gasteiger partial charge in [0.2, 0.25) is 0 Å². The van der Waals surface area contributed by atoms with Crippen molar-refractivity contribution in [2.45, 2.75) is 24.4 Å². The van der Waals surface area contributed by atoms with Crippen LogP contribution in [-0.4, -0.2) is 106 Å². The summed E-state index contributed by atoms with van der Waals surface area (Å²) >= 11 is 6.77. The molecule has 1 spiro atoms. The molecule has 196 valence electrons. The van der Waals surface area contributed by atoms with Crippen LogP contribution in [0.5, 0.6) is 11.5 Å². The average molecular weight is 532 g/mol. The predicted octanol–water partition coefficient (Wildman–Crippen LogP) is 2.73. The lowest BCUT2D eigenvalue weighted by molar-refractivity contribution is 0.0390. The summed E-state index contributed by atoms with van der Waals surface area (Å²) in [6, 6.07) is 3.44. The number of hydrogen-bond donors (Lipinski definition) is 2. The van der Waals surface area contributed by atoms with Gasteiger partial charge in [-0.05, 0) is 32.0 Å². The van der Waals surface area contributed by atoms with E-state index in [0.29, 0.717) is 12.4 Å². The molecule has 1 aromatic heterocycles. The topological polar surface area (TPSA) is 110 Å². The maximum atomic E-state index is 15.0. The highest BCUT2D eigenvalue weighted by atomic mass is 35.5. The largest absolute Gasteiger partial charge is 0.507 e. The second-order valence-electron chi connectivity index (χ2n) is 10.2. The zero-order valence-electron chi connectivity index (χ0n) is 20.3. The second kappa shape index (κ2) is 8.63. The Labute approximate surface area is 217 Å². The number of carbonyl (C=O) groups excluding carboxylic acids is 1. The van der Waals surface area contributed by atoms with Gasteiger partial charge in [-0.1, -0.05) is 17.7 Å². The molecule has 4 aliphatic rings. The lowest BCUT2D eigenvalue weighted by Crippen LogP contribution is -2.58. The van der Waals surface area contributed by atoms with Gasteiger partial charge in [-0.2, -0.15) is 0 Å². The van der Waals surface area contributed by atoms with Crippen LogP contribution >= 0.6 is 11.6 Å². The minimum absolute atomic E-state index is 0.000536. The van der Waals surface area contributed by atoms with Gasteiger partial charge in [0.1, 0.15) is 40.3 Å². The van der Waals surface area contributed by atoms with Crippen LogP contribution in [0.3, 0.4) is 0 Å². The first-order valence-electron chi connectivity index (χ1n) is 12.3. The number of rotatable bonds is 2. The summed E-state index contributed by atoms with van der Waals surface area (Å²) in [4.78, 5) is 37.7. The molecule has 3 aliphatic heterocycles. The van der Waals surface area contributed by atoms with E-state index in [1.54, 1.807) is 4.90 Å². The first-order chi connectivity index (χ1) is 17.7. The van der Waals surface area contributed by atoms with E-state index >= 15 is 0 Å². The van der Waals surface area contributed by atoms with Gasteiger partial charge in [0.05, 0.1) is 17.1 Å². The lowest BCUT2D eigenvalue weighted by atomic mass is 10.0. The summed E-state index contributed by atoms with van der Waals surface area (Å²) in [5.74, 6) is -0.927. The summed E-state index contributed by atoms with van der Waals surface area (Å²) in [7, 11) is 2.05. The highest BCUT2D eigenvalue weighted by molar-refractivity contribution is 6.35. The zero-order chi connectivity index (χ0) is 26.1. The van der Waals surface area contributed by atoms with Gasteiger partial charge in [0.25, 0.3) is 5.91 Å². The van der Waals surface area contributed by atoms with Crippen LogP contribution in [0.2, 0.25) is 5.02 Å². The number of fused-ring (bicyclic) bond motifs is 2. The normalized spacial score (nSPS) is 22.8. The Morgan fingerprint density at radius 1 is 1.22 bits per heavy atom. The van der Waals surface area contributed by atoms with Crippen LogP contribution in [0.15, 0.2) is 18.2 Å². The molecule has 1 aromatic carbocycles. The first kappa shape index (κ1) is 24.1. The third-order valence-electron chi connectivity index (χ3n) is 7.88. The minimum Gasteiger partial charge on any atom is -0.507 e. The fourth-order valence-corrected chi connectivity index (χ4v) is 6.09. The van der Waals surface area contributed by atoms with Gasteiger partial charge in [0.15, 0.2) is 5.75 Å². The SMILES string of the molecule is CN1CCN(c2nc(-c3c(O)cccc3F)c(Cl)c3c2C(=O)N2CCN(C(=O)O)C[C@@H]2CO3)C2(CC2)C1. The number of carboxylic acid groups (broad SMARTS) is 1.